The fraction of sp³-hybridized carbons (Fsp3) is 0.111. The molecule has 0 unspecified atom stereocenters. The highest BCUT2D eigenvalue weighted by Crippen LogP contribution is 2.19. The van der Waals surface area contributed by atoms with E-state index in [9.17, 15) is 0 Å². The Balaban J connectivity index is 2.53. The van der Waals surface area contributed by atoms with Gasteiger partial charge in [-0.25, -0.2) is 0 Å². The third-order valence-electron chi connectivity index (χ3n) is 1.96. The van der Waals surface area contributed by atoms with Crippen LogP contribution in [0, 0.1) is 0 Å². The molecule has 0 saturated heterocycles. The topological polar surface area (TPSA) is 56.7 Å². The lowest BCUT2D eigenvalue weighted by molar-refractivity contribution is 0.979. The van der Waals surface area contributed by atoms with Gasteiger partial charge in [-0.15, -0.1) is 10.2 Å². The van der Waals surface area contributed by atoms with Crippen LogP contribution in [0.4, 0.5) is 0 Å². The number of hydrogen-bond donors (Lipinski definition) is 1. The number of benzene rings is 1. The number of nitrogens with two attached hydrogens (primary N) is 1. The van der Waals surface area contributed by atoms with E-state index in [4.69, 9.17) is 5.73 Å². The Morgan fingerprint density at radius 1 is 1.29 bits per heavy atom. The van der Waals surface area contributed by atoms with Gasteiger partial charge in [0, 0.05) is 11.0 Å². The fourth-order valence-electron chi connectivity index (χ4n) is 1.29. The molecule has 0 amide bonds. The Morgan fingerprint density at radius 3 is 2.64 bits per heavy atom. The van der Waals surface area contributed by atoms with Gasteiger partial charge in [0.15, 0.2) is 0 Å². The van der Waals surface area contributed by atoms with Gasteiger partial charge >= 0.3 is 0 Å². The third-order valence-corrected chi connectivity index (χ3v) is 2.45. The van der Waals surface area contributed by atoms with E-state index in [1.165, 1.54) is 0 Å². The molecule has 0 aliphatic carbocycles. The van der Waals surface area contributed by atoms with Crippen LogP contribution in [0.3, 0.4) is 0 Å². The lowest BCUT2D eigenvalue weighted by Crippen LogP contribution is -2.03. The quantitative estimate of drug-likeness (QED) is 0.882. The van der Waals surface area contributed by atoms with E-state index in [0.29, 0.717) is 6.54 Å². The molecule has 5 heteroatoms. The molecule has 2 N–H and O–H groups in total. The summed E-state index contributed by atoms with van der Waals surface area (Å²) in [5.74, 6) is 0. The van der Waals surface area contributed by atoms with Crippen LogP contribution in [0.1, 0.15) is 5.56 Å². The van der Waals surface area contributed by atoms with Gasteiger partial charge in [0.25, 0.3) is 0 Å². The molecule has 14 heavy (non-hydrogen) atoms. The molecule has 1 aromatic heterocycles. The van der Waals surface area contributed by atoms with Crippen molar-refractivity contribution in [3.63, 3.8) is 0 Å². The predicted octanol–water partition coefficient (Wildman–Crippen LogP) is 1.49. The van der Waals surface area contributed by atoms with Gasteiger partial charge < -0.3 is 5.73 Å². The second-order valence-corrected chi connectivity index (χ2v) is 3.76. The molecule has 1 heterocycles. The van der Waals surface area contributed by atoms with Crippen LogP contribution in [0.25, 0.3) is 5.69 Å². The van der Waals surface area contributed by atoms with Crippen LogP contribution in [0.5, 0.6) is 0 Å². The average molecular weight is 253 g/mol. The van der Waals surface area contributed by atoms with Gasteiger partial charge in [0.05, 0.1) is 5.69 Å². The number of rotatable bonds is 2. The third kappa shape index (κ3) is 1.69. The van der Waals surface area contributed by atoms with Gasteiger partial charge in [-0.1, -0.05) is 15.9 Å². The molecule has 72 valence electrons. The maximum atomic E-state index is 5.65. The van der Waals surface area contributed by atoms with Crippen molar-refractivity contribution in [2.45, 2.75) is 6.54 Å². The van der Waals surface area contributed by atoms with Crippen molar-refractivity contribution < 1.29 is 0 Å². The maximum absolute atomic E-state index is 5.65. The zero-order chi connectivity index (χ0) is 9.97. The van der Waals surface area contributed by atoms with Gasteiger partial charge in [-0.05, 0) is 23.8 Å². The largest absolute Gasteiger partial charge is 0.326 e. The van der Waals surface area contributed by atoms with Crippen LogP contribution in [0.2, 0.25) is 0 Å². The standard InChI is InChI=1S/C9H9BrN4/c10-8-1-2-9(7(3-8)4-11)14-5-12-13-6-14/h1-3,5-6H,4,11H2. The number of halogens is 1. The molecule has 2 aromatic rings. The van der Waals surface area contributed by atoms with E-state index < -0.39 is 0 Å². The van der Waals surface area contributed by atoms with Gasteiger partial charge in [-0.2, -0.15) is 0 Å². The summed E-state index contributed by atoms with van der Waals surface area (Å²) in [4.78, 5) is 0. The lowest BCUT2D eigenvalue weighted by Gasteiger charge is -2.07. The summed E-state index contributed by atoms with van der Waals surface area (Å²) < 4.78 is 2.86. The summed E-state index contributed by atoms with van der Waals surface area (Å²) in [5, 5.41) is 7.51. The predicted molar refractivity (Wildman–Crippen MR) is 57.0 cm³/mol. The van der Waals surface area contributed by atoms with E-state index in [2.05, 4.69) is 26.1 Å². The molecule has 1 aromatic carbocycles. The molecule has 0 atom stereocenters. The Morgan fingerprint density at radius 2 is 2.00 bits per heavy atom. The summed E-state index contributed by atoms with van der Waals surface area (Å²) in [6, 6.07) is 5.94. The van der Waals surface area contributed by atoms with E-state index in [1.807, 2.05) is 22.8 Å². The molecule has 0 spiro atoms. The smallest absolute Gasteiger partial charge is 0.123 e. The molecule has 4 nitrogen and oxygen atoms in total. The minimum Gasteiger partial charge on any atom is -0.326 e. The van der Waals surface area contributed by atoms with E-state index >= 15 is 0 Å². The van der Waals surface area contributed by atoms with Gasteiger partial charge in [0.2, 0.25) is 0 Å². The van der Waals surface area contributed by atoms with Crippen LogP contribution < -0.4 is 5.73 Å². The molecule has 0 fully saturated rings. The zero-order valence-electron chi connectivity index (χ0n) is 7.39. The summed E-state index contributed by atoms with van der Waals surface area (Å²) in [7, 11) is 0. The van der Waals surface area contributed by atoms with Crippen molar-refractivity contribution in [3.05, 3.63) is 40.9 Å². The second kappa shape index (κ2) is 3.89. The highest BCUT2D eigenvalue weighted by atomic mass is 79.9. The van der Waals surface area contributed by atoms with Crippen LogP contribution in [0.15, 0.2) is 35.3 Å². The van der Waals surface area contributed by atoms with E-state index in [0.717, 1.165) is 15.7 Å². The minimum atomic E-state index is 0.493. The van der Waals surface area contributed by atoms with Crippen LogP contribution in [-0.2, 0) is 6.54 Å². The molecule has 0 saturated carbocycles. The first-order valence-electron chi connectivity index (χ1n) is 4.15. The van der Waals surface area contributed by atoms with Crippen molar-refractivity contribution in [1.82, 2.24) is 14.8 Å². The van der Waals surface area contributed by atoms with Crippen molar-refractivity contribution in [2.24, 2.45) is 5.73 Å². The highest BCUT2D eigenvalue weighted by molar-refractivity contribution is 9.10. The van der Waals surface area contributed by atoms with Crippen molar-refractivity contribution >= 4 is 15.9 Å². The number of hydrogen-bond acceptors (Lipinski definition) is 3. The number of nitrogens with zero attached hydrogens (tertiary/aromatic N) is 3. The first-order chi connectivity index (χ1) is 6.81. The Kier molecular flexibility index (Phi) is 2.60. The van der Waals surface area contributed by atoms with Crippen LogP contribution in [-0.4, -0.2) is 14.8 Å². The summed E-state index contributed by atoms with van der Waals surface area (Å²) in [6.07, 6.45) is 3.31. The SMILES string of the molecule is NCc1cc(Br)ccc1-n1cnnc1. The summed E-state index contributed by atoms with van der Waals surface area (Å²) in [6.45, 7) is 0.493. The van der Waals surface area contributed by atoms with E-state index in [1.54, 1.807) is 12.7 Å². The Labute approximate surface area is 89.9 Å². The monoisotopic (exact) mass is 252 g/mol. The number of aromatic nitrogens is 3. The molecular formula is C9H9BrN4. The van der Waals surface area contributed by atoms with E-state index in [-0.39, 0.29) is 0 Å². The first-order valence-corrected chi connectivity index (χ1v) is 4.94. The Bertz CT molecular complexity index is 424. The highest BCUT2D eigenvalue weighted by Gasteiger charge is 2.03. The molecule has 0 aliphatic heterocycles. The van der Waals surface area contributed by atoms with Gasteiger partial charge in [-0.3, -0.25) is 4.57 Å². The van der Waals surface area contributed by atoms with Gasteiger partial charge in [0.1, 0.15) is 12.7 Å². The first kappa shape index (κ1) is 9.36. The molecule has 0 radical (unpaired) electrons. The normalized spacial score (nSPS) is 10.4. The van der Waals surface area contributed by atoms with Crippen molar-refractivity contribution in [1.29, 1.82) is 0 Å². The summed E-state index contributed by atoms with van der Waals surface area (Å²) >= 11 is 3.40. The zero-order valence-corrected chi connectivity index (χ0v) is 8.98. The molecular weight excluding hydrogens is 244 g/mol. The molecule has 2 rings (SSSR count). The fourth-order valence-corrected chi connectivity index (χ4v) is 1.70. The Hall–Kier alpha value is -1.20. The maximum Gasteiger partial charge on any atom is 0.123 e. The second-order valence-electron chi connectivity index (χ2n) is 2.85. The molecule has 0 bridgehead atoms. The van der Waals surface area contributed by atoms with Crippen molar-refractivity contribution in [2.75, 3.05) is 0 Å². The lowest BCUT2D eigenvalue weighted by atomic mass is 10.2. The minimum absolute atomic E-state index is 0.493. The van der Waals surface area contributed by atoms with Crippen LogP contribution >= 0.6 is 15.9 Å². The average Bonchev–Trinajstić information content (AvgIpc) is 2.70. The van der Waals surface area contributed by atoms with Crippen molar-refractivity contribution in [3.8, 4) is 5.69 Å². The summed E-state index contributed by atoms with van der Waals surface area (Å²) in [5.41, 5.74) is 7.72. The molecule has 0 aliphatic rings.